The lowest BCUT2D eigenvalue weighted by molar-refractivity contribution is 1.33. The average Bonchev–Trinajstić information content (AvgIpc) is 3.38. The van der Waals surface area contributed by atoms with Gasteiger partial charge >= 0.3 is 0 Å². The van der Waals surface area contributed by atoms with Gasteiger partial charge in [-0.05, 0) is 161 Å². The molecule has 0 radical (unpaired) electrons. The summed E-state index contributed by atoms with van der Waals surface area (Å²) in [6.07, 6.45) is 7.38. The summed E-state index contributed by atoms with van der Waals surface area (Å²) in [6.45, 7) is 0. The fraction of sp³-hybridized carbons (Fsp3) is 0.0154. The quantitative estimate of drug-likeness (QED) is 0.0616. The average molecular weight is 951 g/mol. The van der Waals surface area contributed by atoms with Gasteiger partial charge in [-0.15, -0.1) is 0 Å². The molecule has 0 bridgehead atoms. The zero-order valence-electron chi connectivity index (χ0n) is 36.3. The van der Waals surface area contributed by atoms with Crippen molar-refractivity contribution >= 4 is 87.2 Å². The van der Waals surface area contributed by atoms with Crippen molar-refractivity contribution in [2.45, 2.75) is 6.42 Å². The standard InChI is InChI=1S/C65H43I/c66-38-18-2-5-23-52-53-25-10-12-28-56(53)65(57-29-13-11-26-54(52)57)49-40-47(39-48(41-49)62-42-46-21-6-7-22-50(46)51-24-8-9-27-55(51)62)43-34-36-45(37-35-43)64-60-32-16-14-30-58(60)63(44-19-3-1-4-20-44)59-31-15-17-33-61(59)64/h1-22,24-42H,23H2/b5-2-,38-18-. The molecule has 0 spiro atoms. The van der Waals surface area contributed by atoms with Crippen molar-refractivity contribution in [1.29, 1.82) is 0 Å². The van der Waals surface area contributed by atoms with Crippen LogP contribution in [0.3, 0.4) is 0 Å². The summed E-state index contributed by atoms with van der Waals surface area (Å²) in [5, 5.41) is 15.2. The van der Waals surface area contributed by atoms with Crippen molar-refractivity contribution < 1.29 is 0 Å². The molecule has 0 fully saturated rings. The van der Waals surface area contributed by atoms with Crippen molar-refractivity contribution in [3.05, 3.63) is 252 Å². The zero-order chi connectivity index (χ0) is 44.0. The lowest BCUT2D eigenvalue weighted by Crippen LogP contribution is -1.94. The van der Waals surface area contributed by atoms with E-state index in [-0.39, 0.29) is 0 Å². The molecule has 0 amide bonds. The summed E-state index contributed by atoms with van der Waals surface area (Å²) >= 11 is 2.28. The number of rotatable bonds is 8. The van der Waals surface area contributed by atoms with E-state index in [1.807, 2.05) is 0 Å². The SMILES string of the molecule is I/C=C\C=C/Cc1c2ccccc2c(-c2cc(-c3ccc(-c4c5ccccc5c(-c5ccccc5)c5ccccc45)cc3)cc(-c3cc4ccccc4c4ccccc34)c2)c2ccccc12. The van der Waals surface area contributed by atoms with E-state index in [1.54, 1.807) is 0 Å². The maximum Gasteiger partial charge on any atom is -0.00262 e. The summed E-state index contributed by atoms with van der Waals surface area (Å²) in [5.41, 5.74) is 13.6. The van der Waals surface area contributed by atoms with Crippen LogP contribution in [-0.2, 0) is 6.42 Å². The second kappa shape index (κ2) is 17.1. The van der Waals surface area contributed by atoms with Gasteiger partial charge in [-0.25, -0.2) is 0 Å². The number of halogens is 1. The zero-order valence-corrected chi connectivity index (χ0v) is 38.4. The third kappa shape index (κ3) is 6.90. The summed E-state index contributed by atoms with van der Waals surface area (Å²) in [4.78, 5) is 0. The first kappa shape index (κ1) is 40.0. The molecule has 0 aromatic heterocycles. The minimum absolute atomic E-state index is 0.850. The summed E-state index contributed by atoms with van der Waals surface area (Å²) in [7, 11) is 0. The molecule has 0 aliphatic carbocycles. The Hall–Kier alpha value is -7.59. The van der Waals surface area contributed by atoms with Gasteiger partial charge in [0.2, 0.25) is 0 Å². The first-order chi connectivity index (χ1) is 32.7. The van der Waals surface area contributed by atoms with Gasteiger partial charge in [0, 0.05) is 0 Å². The predicted octanol–water partition coefficient (Wildman–Crippen LogP) is 19.0. The normalized spacial score (nSPS) is 12.0. The van der Waals surface area contributed by atoms with E-state index < -0.39 is 0 Å². The molecule has 0 N–H and O–H groups in total. The van der Waals surface area contributed by atoms with E-state index in [1.165, 1.54) is 126 Å². The van der Waals surface area contributed by atoms with Crippen molar-refractivity contribution in [2.75, 3.05) is 0 Å². The molecule has 310 valence electrons. The molecule has 0 saturated carbocycles. The van der Waals surface area contributed by atoms with Crippen molar-refractivity contribution in [2.24, 2.45) is 0 Å². The largest absolute Gasteiger partial charge is 0.0801 e. The Morgan fingerprint density at radius 3 is 1.27 bits per heavy atom. The first-order valence-electron chi connectivity index (χ1n) is 22.7. The van der Waals surface area contributed by atoms with E-state index in [0.29, 0.717) is 0 Å². The van der Waals surface area contributed by atoms with Crippen molar-refractivity contribution in [3.8, 4) is 55.6 Å². The van der Waals surface area contributed by atoms with Gasteiger partial charge < -0.3 is 0 Å². The predicted molar refractivity (Wildman–Crippen MR) is 295 cm³/mol. The van der Waals surface area contributed by atoms with Crippen LogP contribution in [0.25, 0.3) is 120 Å². The number of allylic oxidation sites excluding steroid dienone is 3. The number of hydrogen-bond donors (Lipinski definition) is 0. The fourth-order valence-corrected chi connectivity index (χ4v) is 10.9. The van der Waals surface area contributed by atoms with E-state index >= 15 is 0 Å². The van der Waals surface area contributed by atoms with Gasteiger partial charge in [-0.2, -0.15) is 0 Å². The third-order valence-corrected chi connectivity index (χ3v) is 13.9. The Morgan fingerprint density at radius 1 is 0.288 bits per heavy atom. The van der Waals surface area contributed by atoms with Crippen LogP contribution in [0.4, 0.5) is 0 Å². The maximum absolute atomic E-state index is 2.44. The fourth-order valence-electron chi connectivity index (χ4n) is 10.6. The van der Waals surface area contributed by atoms with Crippen molar-refractivity contribution in [1.82, 2.24) is 0 Å². The lowest BCUT2D eigenvalue weighted by Gasteiger charge is -2.19. The Kier molecular flexibility index (Phi) is 10.3. The van der Waals surface area contributed by atoms with Crippen LogP contribution in [0.5, 0.6) is 0 Å². The van der Waals surface area contributed by atoms with Gasteiger partial charge in [0.1, 0.15) is 0 Å². The molecule has 12 aromatic carbocycles. The van der Waals surface area contributed by atoms with Gasteiger partial charge in [0.15, 0.2) is 0 Å². The molecule has 66 heavy (non-hydrogen) atoms. The maximum atomic E-state index is 2.44. The van der Waals surface area contributed by atoms with Crippen LogP contribution in [0.2, 0.25) is 0 Å². The Morgan fingerprint density at radius 2 is 0.697 bits per heavy atom. The number of hydrogen-bond acceptors (Lipinski definition) is 0. The molecule has 0 aliphatic rings. The van der Waals surface area contributed by atoms with E-state index in [0.717, 1.165) is 6.42 Å². The molecule has 0 atom stereocenters. The molecule has 1 heteroatoms. The highest BCUT2D eigenvalue weighted by atomic mass is 127. The molecule has 0 heterocycles. The molecule has 0 saturated heterocycles. The highest BCUT2D eigenvalue weighted by Crippen LogP contribution is 2.46. The van der Waals surface area contributed by atoms with Gasteiger partial charge in [0.05, 0.1) is 0 Å². The summed E-state index contributed by atoms with van der Waals surface area (Å²) in [6, 6.07) is 83.4. The second-order valence-electron chi connectivity index (χ2n) is 17.2. The minimum Gasteiger partial charge on any atom is -0.0801 e. The Balaban J connectivity index is 1.09. The highest BCUT2D eigenvalue weighted by molar-refractivity contribution is 14.1. The molecular formula is C65H43I. The Bertz CT molecular complexity index is 3780. The monoisotopic (exact) mass is 950 g/mol. The highest BCUT2D eigenvalue weighted by Gasteiger charge is 2.20. The smallest absolute Gasteiger partial charge is 0.00262 e. The minimum atomic E-state index is 0.850. The summed E-state index contributed by atoms with van der Waals surface area (Å²) in [5.74, 6) is 0. The lowest BCUT2D eigenvalue weighted by atomic mass is 9.84. The first-order valence-corrected chi connectivity index (χ1v) is 24.0. The molecule has 12 rings (SSSR count). The van der Waals surface area contributed by atoms with Gasteiger partial charge in [-0.1, -0.05) is 241 Å². The van der Waals surface area contributed by atoms with Crippen LogP contribution < -0.4 is 0 Å². The van der Waals surface area contributed by atoms with Crippen molar-refractivity contribution in [3.63, 3.8) is 0 Å². The summed E-state index contributed by atoms with van der Waals surface area (Å²) < 4.78 is 2.05. The van der Waals surface area contributed by atoms with Crippen LogP contribution in [0.1, 0.15) is 5.56 Å². The topological polar surface area (TPSA) is 0 Å². The molecular weight excluding hydrogens is 908 g/mol. The van der Waals surface area contributed by atoms with E-state index in [4.69, 9.17) is 0 Å². The van der Waals surface area contributed by atoms with Crippen LogP contribution in [0, 0.1) is 0 Å². The number of benzene rings is 12. The molecule has 12 aromatic rings. The van der Waals surface area contributed by atoms with E-state index in [9.17, 15) is 0 Å². The van der Waals surface area contributed by atoms with Crippen LogP contribution in [-0.4, -0.2) is 0 Å². The number of fused-ring (bicyclic) bond motifs is 7. The van der Waals surface area contributed by atoms with Gasteiger partial charge in [-0.3, -0.25) is 0 Å². The van der Waals surface area contributed by atoms with E-state index in [2.05, 4.69) is 269 Å². The third-order valence-electron chi connectivity index (χ3n) is 13.5. The molecule has 0 aliphatic heterocycles. The Labute approximate surface area is 399 Å². The second-order valence-corrected chi connectivity index (χ2v) is 17.9. The molecule has 0 nitrogen and oxygen atoms in total. The molecule has 0 unspecified atom stereocenters. The van der Waals surface area contributed by atoms with Crippen LogP contribution >= 0.6 is 22.6 Å². The van der Waals surface area contributed by atoms with Crippen LogP contribution in [0.15, 0.2) is 247 Å². The van der Waals surface area contributed by atoms with Gasteiger partial charge in [0.25, 0.3) is 0 Å².